The summed E-state index contributed by atoms with van der Waals surface area (Å²) in [4.78, 5) is 8.21. The standard InChI is InChI=1S/C18H18F3N5O/c1-23-16-11-6-5-10(9-14(11)25-17(22)26-16)15-12(18(19,20)21)3-2-4-13(15)24-7-8-27/h2-6,9,24,27H,7-8H2,1H3,(H3,22,23,25,26). The quantitative estimate of drug-likeness (QED) is 0.545. The molecular formula is C18H18F3N5O. The van der Waals surface area contributed by atoms with Crippen LogP contribution in [0.25, 0.3) is 22.0 Å². The van der Waals surface area contributed by atoms with Crippen LogP contribution in [0.4, 0.5) is 30.6 Å². The largest absolute Gasteiger partial charge is 0.417 e. The SMILES string of the molecule is CNc1nc(N)nc2cc(-c3c(NCCO)cccc3C(F)(F)F)ccc12. The number of nitrogens with zero attached hydrogens (tertiary/aromatic N) is 2. The third-order valence-electron chi connectivity index (χ3n) is 4.04. The summed E-state index contributed by atoms with van der Waals surface area (Å²) in [6, 6.07) is 8.67. The van der Waals surface area contributed by atoms with Gasteiger partial charge in [-0.1, -0.05) is 12.1 Å². The van der Waals surface area contributed by atoms with Gasteiger partial charge in [0.05, 0.1) is 17.7 Å². The molecule has 6 nitrogen and oxygen atoms in total. The molecule has 0 amide bonds. The molecule has 0 aliphatic rings. The number of nitrogens with one attached hydrogen (secondary N) is 2. The third-order valence-corrected chi connectivity index (χ3v) is 4.04. The summed E-state index contributed by atoms with van der Waals surface area (Å²) in [5.41, 5.74) is 5.94. The van der Waals surface area contributed by atoms with Crippen molar-refractivity contribution in [1.29, 1.82) is 0 Å². The Kier molecular flexibility index (Phi) is 5.04. The zero-order chi connectivity index (χ0) is 19.6. The fourth-order valence-corrected chi connectivity index (χ4v) is 2.93. The Bertz CT molecular complexity index is 975. The number of anilines is 3. The average Bonchev–Trinajstić information content (AvgIpc) is 2.64. The van der Waals surface area contributed by atoms with Gasteiger partial charge in [0.25, 0.3) is 0 Å². The van der Waals surface area contributed by atoms with E-state index in [0.717, 1.165) is 6.07 Å². The Morgan fingerprint density at radius 2 is 1.93 bits per heavy atom. The number of benzene rings is 2. The van der Waals surface area contributed by atoms with Crippen molar-refractivity contribution in [3.05, 3.63) is 42.0 Å². The minimum absolute atomic E-state index is 0.0106. The average molecular weight is 377 g/mol. The molecular weight excluding hydrogens is 359 g/mol. The van der Waals surface area contributed by atoms with Crippen molar-refractivity contribution in [1.82, 2.24) is 9.97 Å². The lowest BCUT2D eigenvalue weighted by molar-refractivity contribution is -0.137. The van der Waals surface area contributed by atoms with Gasteiger partial charge in [0.15, 0.2) is 0 Å². The van der Waals surface area contributed by atoms with E-state index in [1.54, 1.807) is 25.2 Å². The first-order valence-corrected chi connectivity index (χ1v) is 8.15. The van der Waals surface area contributed by atoms with E-state index in [0.29, 0.717) is 22.3 Å². The van der Waals surface area contributed by atoms with Crippen LogP contribution in [0.2, 0.25) is 0 Å². The lowest BCUT2D eigenvalue weighted by Crippen LogP contribution is -2.12. The summed E-state index contributed by atoms with van der Waals surface area (Å²) >= 11 is 0. The molecule has 0 fully saturated rings. The number of hydrogen-bond acceptors (Lipinski definition) is 6. The highest BCUT2D eigenvalue weighted by atomic mass is 19.4. The number of alkyl halides is 3. The van der Waals surface area contributed by atoms with E-state index >= 15 is 0 Å². The number of fused-ring (bicyclic) bond motifs is 1. The number of rotatable bonds is 5. The second-order valence-corrected chi connectivity index (χ2v) is 5.79. The van der Waals surface area contributed by atoms with Crippen molar-refractivity contribution >= 4 is 28.4 Å². The molecule has 1 aromatic heterocycles. The summed E-state index contributed by atoms with van der Waals surface area (Å²) < 4.78 is 40.8. The maximum absolute atomic E-state index is 13.6. The van der Waals surface area contributed by atoms with Crippen LogP contribution in [0.5, 0.6) is 0 Å². The van der Waals surface area contributed by atoms with Gasteiger partial charge >= 0.3 is 6.18 Å². The van der Waals surface area contributed by atoms with Crippen LogP contribution in [0.1, 0.15) is 5.56 Å². The predicted octanol–water partition coefficient (Wildman–Crippen LogP) is 3.34. The summed E-state index contributed by atoms with van der Waals surface area (Å²) in [6.07, 6.45) is -4.54. The van der Waals surface area contributed by atoms with Crippen LogP contribution in [-0.4, -0.2) is 35.3 Å². The second-order valence-electron chi connectivity index (χ2n) is 5.79. The maximum Gasteiger partial charge on any atom is 0.417 e. The highest BCUT2D eigenvalue weighted by Gasteiger charge is 2.34. The van der Waals surface area contributed by atoms with E-state index in [2.05, 4.69) is 20.6 Å². The first-order valence-electron chi connectivity index (χ1n) is 8.15. The van der Waals surface area contributed by atoms with E-state index < -0.39 is 11.7 Å². The lowest BCUT2D eigenvalue weighted by atomic mass is 9.96. The molecule has 0 aliphatic heterocycles. The van der Waals surface area contributed by atoms with Gasteiger partial charge in [-0.2, -0.15) is 18.2 Å². The monoisotopic (exact) mass is 377 g/mol. The molecule has 3 aromatic rings. The van der Waals surface area contributed by atoms with Gasteiger partial charge in [-0.15, -0.1) is 0 Å². The van der Waals surface area contributed by atoms with E-state index in [1.807, 2.05) is 0 Å². The normalized spacial score (nSPS) is 11.6. The van der Waals surface area contributed by atoms with Crippen LogP contribution < -0.4 is 16.4 Å². The number of aromatic nitrogens is 2. The molecule has 0 saturated heterocycles. The van der Waals surface area contributed by atoms with Crippen LogP contribution in [0.15, 0.2) is 36.4 Å². The minimum atomic E-state index is -4.54. The van der Waals surface area contributed by atoms with Crippen LogP contribution in [0, 0.1) is 0 Å². The summed E-state index contributed by atoms with van der Waals surface area (Å²) in [6.45, 7) is -0.0798. The van der Waals surface area contributed by atoms with Crippen LogP contribution in [-0.2, 0) is 6.18 Å². The summed E-state index contributed by atoms with van der Waals surface area (Å²) in [5, 5.41) is 15.4. The topological polar surface area (TPSA) is 96.1 Å². The smallest absolute Gasteiger partial charge is 0.395 e. The molecule has 0 saturated carbocycles. The molecule has 0 radical (unpaired) electrons. The zero-order valence-electron chi connectivity index (χ0n) is 14.4. The van der Waals surface area contributed by atoms with Gasteiger partial charge in [-0.05, 0) is 29.8 Å². The fourth-order valence-electron chi connectivity index (χ4n) is 2.93. The first-order chi connectivity index (χ1) is 12.8. The van der Waals surface area contributed by atoms with Crippen molar-refractivity contribution in [2.75, 3.05) is 36.6 Å². The number of aliphatic hydroxyl groups is 1. The molecule has 27 heavy (non-hydrogen) atoms. The third kappa shape index (κ3) is 3.72. The summed E-state index contributed by atoms with van der Waals surface area (Å²) in [7, 11) is 1.67. The van der Waals surface area contributed by atoms with E-state index in [-0.39, 0.29) is 30.4 Å². The Labute approximate surface area is 153 Å². The van der Waals surface area contributed by atoms with Crippen LogP contribution >= 0.6 is 0 Å². The van der Waals surface area contributed by atoms with Crippen molar-refractivity contribution in [2.24, 2.45) is 0 Å². The maximum atomic E-state index is 13.6. The molecule has 142 valence electrons. The van der Waals surface area contributed by atoms with Crippen molar-refractivity contribution < 1.29 is 18.3 Å². The van der Waals surface area contributed by atoms with Gasteiger partial charge in [0, 0.05) is 30.2 Å². The first kappa shape index (κ1) is 18.7. The minimum Gasteiger partial charge on any atom is -0.395 e. The second kappa shape index (κ2) is 7.28. The Morgan fingerprint density at radius 3 is 2.59 bits per heavy atom. The highest BCUT2D eigenvalue weighted by Crippen LogP contribution is 2.42. The number of nitrogens with two attached hydrogens (primary N) is 1. The summed E-state index contributed by atoms with van der Waals surface area (Å²) in [5.74, 6) is 0.513. The molecule has 0 atom stereocenters. The Hall–Kier alpha value is -3.07. The van der Waals surface area contributed by atoms with Crippen LogP contribution in [0.3, 0.4) is 0 Å². The van der Waals surface area contributed by atoms with Gasteiger partial charge in [0.2, 0.25) is 5.95 Å². The van der Waals surface area contributed by atoms with Gasteiger partial charge in [-0.3, -0.25) is 0 Å². The predicted molar refractivity (Wildman–Crippen MR) is 99.5 cm³/mol. The lowest BCUT2D eigenvalue weighted by Gasteiger charge is -2.18. The Balaban J connectivity index is 2.25. The molecule has 0 bridgehead atoms. The fraction of sp³-hybridized carbons (Fsp3) is 0.222. The molecule has 0 aliphatic carbocycles. The van der Waals surface area contributed by atoms with E-state index in [9.17, 15) is 13.2 Å². The van der Waals surface area contributed by atoms with E-state index in [4.69, 9.17) is 10.8 Å². The molecule has 2 aromatic carbocycles. The molecule has 9 heteroatoms. The molecule has 1 heterocycles. The van der Waals surface area contributed by atoms with Gasteiger partial charge < -0.3 is 21.5 Å². The Morgan fingerprint density at radius 1 is 1.15 bits per heavy atom. The molecule has 3 rings (SSSR count). The number of halogens is 3. The molecule has 0 spiro atoms. The van der Waals surface area contributed by atoms with Crippen molar-refractivity contribution in [2.45, 2.75) is 6.18 Å². The van der Waals surface area contributed by atoms with Gasteiger partial charge in [-0.25, -0.2) is 4.98 Å². The molecule has 0 unspecified atom stereocenters. The number of hydrogen-bond donors (Lipinski definition) is 4. The zero-order valence-corrected chi connectivity index (χ0v) is 14.4. The van der Waals surface area contributed by atoms with E-state index in [1.165, 1.54) is 12.1 Å². The van der Waals surface area contributed by atoms with Crippen molar-refractivity contribution in [3.8, 4) is 11.1 Å². The number of aliphatic hydroxyl groups excluding tert-OH is 1. The molecule has 5 N–H and O–H groups in total. The van der Waals surface area contributed by atoms with Gasteiger partial charge in [0.1, 0.15) is 5.82 Å². The highest BCUT2D eigenvalue weighted by molar-refractivity contribution is 5.94. The van der Waals surface area contributed by atoms with Crippen molar-refractivity contribution in [3.63, 3.8) is 0 Å². The number of nitrogen functional groups attached to an aromatic ring is 1.